The van der Waals surface area contributed by atoms with Crippen LogP contribution in [-0.4, -0.2) is 31.1 Å². The van der Waals surface area contributed by atoms with E-state index in [-0.39, 0.29) is 11.7 Å². The Hall–Kier alpha value is -3.09. The summed E-state index contributed by atoms with van der Waals surface area (Å²) in [5.41, 5.74) is 1.64. The minimum Gasteiger partial charge on any atom is -0.492 e. The number of carbonyl (C=O) groups excluding carboxylic acids is 2. The molecule has 1 aliphatic rings. The Morgan fingerprint density at radius 2 is 2.07 bits per heavy atom. The van der Waals surface area contributed by atoms with Gasteiger partial charge in [-0.1, -0.05) is 12.1 Å². The molecule has 2 N–H and O–H groups in total. The largest absolute Gasteiger partial charge is 0.492 e. The second kappa shape index (κ2) is 8.07. The maximum atomic E-state index is 13.4. The fraction of sp³-hybridized carbons (Fsp3) is 0.300. The molecule has 0 aromatic heterocycles. The zero-order valence-electron chi connectivity index (χ0n) is 15.3. The van der Waals surface area contributed by atoms with Crippen LogP contribution in [0.4, 0.5) is 20.6 Å². The molecular weight excluding hydrogens is 349 g/mol. The molecule has 0 bridgehead atoms. The number of nitrogens with zero attached hydrogens (tertiary/aromatic N) is 1. The smallest absolute Gasteiger partial charge is 0.319 e. The van der Waals surface area contributed by atoms with Crippen LogP contribution in [-0.2, 0) is 4.79 Å². The van der Waals surface area contributed by atoms with Crippen molar-refractivity contribution in [3.63, 3.8) is 0 Å². The number of nitrogens with one attached hydrogen (secondary N) is 2. The number of para-hydroxylation sites is 2. The zero-order valence-corrected chi connectivity index (χ0v) is 15.3. The van der Waals surface area contributed by atoms with Gasteiger partial charge in [0.25, 0.3) is 0 Å². The van der Waals surface area contributed by atoms with Crippen LogP contribution in [0, 0.1) is 12.7 Å². The average Bonchev–Trinajstić information content (AvgIpc) is 3.00. The molecule has 142 valence electrons. The summed E-state index contributed by atoms with van der Waals surface area (Å²) in [6.45, 7) is 4.45. The second-order valence-corrected chi connectivity index (χ2v) is 6.29. The van der Waals surface area contributed by atoms with E-state index in [9.17, 15) is 14.0 Å². The lowest BCUT2D eigenvalue weighted by Gasteiger charge is -2.18. The standard InChI is InChI=1S/C20H22FN3O3/c1-3-27-18-7-5-4-6-16(18)22-20(26)23-17-10-11-24(19(17)25)14-8-9-15(21)13(2)12-14/h4-9,12,17H,3,10-11H2,1-2H3,(H2,22,23,26)/t17-/m0/s1. The Labute approximate surface area is 157 Å². The average molecular weight is 371 g/mol. The van der Waals surface area contributed by atoms with Gasteiger partial charge in [0.15, 0.2) is 0 Å². The first-order valence-electron chi connectivity index (χ1n) is 8.86. The van der Waals surface area contributed by atoms with E-state index in [1.807, 2.05) is 13.0 Å². The predicted molar refractivity (Wildman–Crippen MR) is 102 cm³/mol. The highest BCUT2D eigenvalue weighted by Crippen LogP contribution is 2.25. The van der Waals surface area contributed by atoms with Crippen molar-refractivity contribution >= 4 is 23.3 Å². The molecular formula is C20H22FN3O3. The van der Waals surface area contributed by atoms with E-state index in [2.05, 4.69) is 10.6 Å². The Bertz CT molecular complexity index is 856. The second-order valence-electron chi connectivity index (χ2n) is 6.29. The zero-order chi connectivity index (χ0) is 19.4. The summed E-state index contributed by atoms with van der Waals surface area (Å²) in [6, 6.07) is 10.5. The van der Waals surface area contributed by atoms with Crippen molar-refractivity contribution in [3.05, 3.63) is 53.8 Å². The van der Waals surface area contributed by atoms with Crippen molar-refractivity contribution in [1.29, 1.82) is 0 Å². The highest BCUT2D eigenvalue weighted by atomic mass is 19.1. The third-order valence-corrected chi connectivity index (χ3v) is 4.40. The number of urea groups is 1. The monoisotopic (exact) mass is 371 g/mol. The first kappa shape index (κ1) is 18.7. The molecule has 27 heavy (non-hydrogen) atoms. The molecule has 1 aliphatic heterocycles. The molecule has 2 aromatic carbocycles. The van der Waals surface area contributed by atoms with Crippen molar-refractivity contribution < 1.29 is 18.7 Å². The normalized spacial score (nSPS) is 16.3. The molecule has 3 rings (SSSR count). The number of aryl methyl sites for hydroxylation is 1. The Balaban J connectivity index is 1.64. The number of carbonyl (C=O) groups is 2. The molecule has 0 spiro atoms. The third kappa shape index (κ3) is 4.19. The summed E-state index contributed by atoms with van der Waals surface area (Å²) < 4.78 is 18.9. The van der Waals surface area contributed by atoms with Gasteiger partial charge in [-0.05, 0) is 56.2 Å². The number of anilines is 2. The summed E-state index contributed by atoms with van der Waals surface area (Å²) in [7, 11) is 0. The van der Waals surface area contributed by atoms with E-state index in [0.29, 0.717) is 42.3 Å². The Kier molecular flexibility index (Phi) is 5.59. The van der Waals surface area contributed by atoms with Gasteiger partial charge in [-0.3, -0.25) is 4.79 Å². The SMILES string of the molecule is CCOc1ccccc1NC(=O)N[C@H]1CCN(c2ccc(F)c(C)c2)C1=O. The molecule has 1 saturated heterocycles. The van der Waals surface area contributed by atoms with Crippen molar-refractivity contribution in [2.45, 2.75) is 26.3 Å². The summed E-state index contributed by atoms with van der Waals surface area (Å²) in [5.74, 6) is 0.0398. The summed E-state index contributed by atoms with van der Waals surface area (Å²) in [5, 5.41) is 5.42. The molecule has 7 heteroatoms. The first-order chi connectivity index (χ1) is 13.0. The van der Waals surface area contributed by atoms with E-state index in [0.717, 1.165) is 0 Å². The minimum absolute atomic E-state index is 0.214. The van der Waals surface area contributed by atoms with Crippen LogP contribution in [0.1, 0.15) is 18.9 Å². The van der Waals surface area contributed by atoms with Crippen LogP contribution in [0.15, 0.2) is 42.5 Å². The number of hydrogen-bond acceptors (Lipinski definition) is 3. The van der Waals surface area contributed by atoms with Gasteiger partial charge in [-0.15, -0.1) is 0 Å². The maximum absolute atomic E-state index is 13.4. The van der Waals surface area contributed by atoms with Crippen molar-refractivity contribution in [1.82, 2.24) is 5.32 Å². The van der Waals surface area contributed by atoms with Crippen LogP contribution in [0.3, 0.4) is 0 Å². The van der Waals surface area contributed by atoms with Crippen LogP contribution in [0.5, 0.6) is 5.75 Å². The Morgan fingerprint density at radius 3 is 2.81 bits per heavy atom. The highest BCUT2D eigenvalue weighted by Gasteiger charge is 2.33. The summed E-state index contributed by atoms with van der Waals surface area (Å²) in [4.78, 5) is 26.5. The van der Waals surface area contributed by atoms with E-state index in [4.69, 9.17) is 4.74 Å². The lowest BCUT2D eigenvalue weighted by molar-refractivity contribution is -0.118. The Morgan fingerprint density at radius 1 is 1.30 bits per heavy atom. The quantitative estimate of drug-likeness (QED) is 0.846. The molecule has 0 unspecified atom stereocenters. The lowest BCUT2D eigenvalue weighted by Crippen LogP contribution is -2.43. The number of amides is 3. The number of halogens is 1. The minimum atomic E-state index is -0.630. The molecule has 6 nitrogen and oxygen atoms in total. The summed E-state index contributed by atoms with van der Waals surface area (Å²) >= 11 is 0. The maximum Gasteiger partial charge on any atom is 0.319 e. The number of rotatable bonds is 5. The number of hydrogen-bond donors (Lipinski definition) is 2. The van der Waals surface area contributed by atoms with Gasteiger partial charge >= 0.3 is 6.03 Å². The molecule has 3 amide bonds. The van der Waals surface area contributed by atoms with Crippen molar-refractivity contribution in [2.75, 3.05) is 23.4 Å². The highest BCUT2D eigenvalue weighted by molar-refractivity contribution is 6.02. The number of benzene rings is 2. The number of ether oxygens (including phenoxy) is 1. The molecule has 0 saturated carbocycles. The third-order valence-electron chi connectivity index (χ3n) is 4.40. The van der Waals surface area contributed by atoms with E-state index < -0.39 is 12.1 Å². The van der Waals surface area contributed by atoms with Crippen LogP contribution < -0.4 is 20.3 Å². The van der Waals surface area contributed by atoms with Crippen molar-refractivity contribution in [2.24, 2.45) is 0 Å². The van der Waals surface area contributed by atoms with Gasteiger partial charge in [0.05, 0.1) is 12.3 Å². The van der Waals surface area contributed by atoms with Crippen molar-refractivity contribution in [3.8, 4) is 5.75 Å². The lowest BCUT2D eigenvalue weighted by atomic mass is 10.2. The fourth-order valence-corrected chi connectivity index (χ4v) is 3.03. The van der Waals surface area contributed by atoms with Gasteiger partial charge in [-0.2, -0.15) is 0 Å². The molecule has 1 heterocycles. The predicted octanol–water partition coefficient (Wildman–Crippen LogP) is 3.46. The van der Waals surface area contributed by atoms with Crippen LogP contribution in [0.2, 0.25) is 0 Å². The molecule has 0 radical (unpaired) electrons. The van der Waals surface area contributed by atoms with Gasteiger partial charge in [0, 0.05) is 12.2 Å². The molecule has 0 aliphatic carbocycles. The summed E-state index contributed by atoms with van der Waals surface area (Å²) in [6.07, 6.45) is 0.482. The van der Waals surface area contributed by atoms with Gasteiger partial charge in [0.1, 0.15) is 17.6 Å². The van der Waals surface area contributed by atoms with Gasteiger partial charge in [-0.25, -0.2) is 9.18 Å². The van der Waals surface area contributed by atoms with Crippen LogP contribution in [0.25, 0.3) is 0 Å². The van der Waals surface area contributed by atoms with E-state index in [1.165, 1.54) is 6.07 Å². The van der Waals surface area contributed by atoms with E-state index >= 15 is 0 Å². The van der Waals surface area contributed by atoms with Crippen LogP contribution >= 0.6 is 0 Å². The first-order valence-corrected chi connectivity index (χ1v) is 8.86. The van der Waals surface area contributed by atoms with Gasteiger partial charge < -0.3 is 20.3 Å². The topological polar surface area (TPSA) is 70.7 Å². The van der Waals surface area contributed by atoms with E-state index in [1.54, 1.807) is 42.2 Å². The molecule has 1 fully saturated rings. The fourth-order valence-electron chi connectivity index (χ4n) is 3.03. The molecule has 2 aromatic rings. The molecule has 1 atom stereocenters. The van der Waals surface area contributed by atoms with Gasteiger partial charge in [0.2, 0.25) is 5.91 Å².